The molecule has 0 bridgehead atoms. The molecule has 0 unspecified atom stereocenters. The van der Waals surface area contributed by atoms with E-state index in [-0.39, 0.29) is 18.3 Å². The number of nitrogens with zero attached hydrogens (tertiary/aromatic N) is 4. The van der Waals surface area contributed by atoms with Crippen molar-refractivity contribution in [2.24, 2.45) is 0 Å². The van der Waals surface area contributed by atoms with Crippen LogP contribution in [0.15, 0.2) is 11.2 Å². The minimum absolute atomic E-state index is 0.0554. The predicted octanol–water partition coefficient (Wildman–Crippen LogP) is 0.590. The van der Waals surface area contributed by atoms with Crippen molar-refractivity contribution in [1.82, 2.24) is 19.6 Å². The van der Waals surface area contributed by atoms with E-state index in [0.29, 0.717) is 0 Å². The lowest BCUT2D eigenvalue weighted by atomic mass is 10.6. The van der Waals surface area contributed by atoms with E-state index >= 15 is 0 Å². The maximum absolute atomic E-state index is 13.1. The van der Waals surface area contributed by atoms with Crippen LogP contribution in [0, 0.1) is 5.95 Å². The van der Waals surface area contributed by atoms with Crippen molar-refractivity contribution < 1.29 is 17.5 Å². The largest absolute Gasteiger partial charge is 0.464 e. The van der Waals surface area contributed by atoms with Gasteiger partial charge in [-0.15, -0.1) is 5.10 Å². The molecular formula is C7H6ClFN4O3S. The van der Waals surface area contributed by atoms with E-state index in [1.807, 2.05) is 0 Å². The second-order valence-corrected chi connectivity index (χ2v) is 5.36. The first-order valence-electron chi connectivity index (χ1n) is 4.42. The topological polar surface area (TPSA) is 86.5 Å². The van der Waals surface area contributed by atoms with Gasteiger partial charge in [-0.05, 0) is 6.92 Å². The second kappa shape index (κ2) is 4.08. The highest BCUT2D eigenvalue weighted by molar-refractivity contribution is 8.13. The van der Waals surface area contributed by atoms with Gasteiger partial charge in [0, 0.05) is 16.7 Å². The average Bonchev–Trinajstić information content (AvgIpc) is 2.61. The first-order valence-corrected chi connectivity index (χ1v) is 6.73. The van der Waals surface area contributed by atoms with Gasteiger partial charge in [-0.2, -0.15) is 18.9 Å². The molecule has 0 aromatic carbocycles. The molecule has 0 aliphatic rings. The van der Waals surface area contributed by atoms with Crippen LogP contribution >= 0.6 is 10.7 Å². The summed E-state index contributed by atoms with van der Waals surface area (Å²) in [7, 11) is 0.992. The van der Waals surface area contributed by atoms with Crippen LogP contribution in [0.25, 0.3) is 5.65 Å². The molecule has 0 amide bonds. The third-order valence-corrected chi connectivity index (χ3v) is 2.76. The number of hydrogen-bond donors (Lipinski definition) is 0. The van der Waals surface area contributed by atoms with Crippen molar-refractivity contribution in [2.75, 3.05) is 6.61 Å². The Balaban J connectivity index is 2.71. The fourth-order valence-corrected chi connectivity index (χ4v) is 1.72. The molecule has 0 aliphatic heterocycles. The van der Waals surface area contributed by atoms with Gasteiger partial charge < -0.3 is 4.74 Å². The first-order chi connectivity index (χ1) is 7.91. The van der Waals surface area contributed by atoms with E-state index in [9.17, 15) is 12.8 Å². The molecule has 0 saturated heterocycles. The second-order valence-electron chi connectivity index (χ2n) is 2.90. The Morgan fingerprint density at radius 3 is 2.82 bits per heavy atom. The van der Waals surface area contributed by atoms with Crippen molar-refractivity contribution in [3.8, 4) is 6.01 Å². The molecule has 10 heteroatoms. The number of hydrogen-bond acceptors (Lipinski definition) is 6. The Morgan fingerprint density at radius 2 is 2.24 bits per heavy atom. The van der Waals surface area contributed by atoms with E-state index < -0.39 is 20.2 Å². The van der Waals surface area contributed by atoms with Crippen LogP contribution < -0.4 is 4.74 Å². The van der Waals surface area contributed by atoms with Crippen LogP contribution in [0.4, 0.5) is 4.39 Å². The van der Waals surface area contributed by atoms with E-state index in [4.69, 9.17) is 15.4 Å². The van der Waals surface area contributed by atoms with Gasteiger partial charge in [0.05, 0.1) is 6.61 Å². The summed E-state index contributed by atoms with van der Waals surface area (Å²) in [6, 6.07) is 0.725. The highest BCUT2D eigenvalue weighted by Gasteiger charge is 2.20. The summed E-state index contributed by atoms with van der Waals surface area (Å²) >= 11 is 0. The molecular weight excluding hydrogens is 275 g/mol. The molecule has 0 saturated carbocycles. The SMILES string of the molecule is CCOc1nc(F)cc2nc(S(=O)(=O)Cl)nn12. The zero-order chi connectivity index (χ0) is 12.6. The number of ether oxygens (including phenoxy) is 1. The van der Waals surface area contributed by atoms with E-state index in [1.165, 1.54) is 0 Å². The maximum atomic E-state index is 13.1. The van der Waals surface area contributed by atoms with Crippen molar-refractivity contribution in [1.29, 1.82) is 0 Å². The number of rotatable bonds is 3. The van der Waals surface area contributed by atoms with Crippen LogP contribution in [-0.2, 0) is 9.05 Å². The summed E-state index contributed by atoms with van der Waals surface area (Å²) in [6.45, 7) is 1.88. The van der Waals surface area contributed by atoms with Crippen LogP contribution in [0.5, 0.6) is 6.01 Å². The number of halogens is 2. The molecule has 0 radical (unpaired) electrons. The Bertz CT molecular complexity index is 671. The minimum atomic E-state index is -4.09. The van der Waals surface area contributed by atoms with Crippen LogP contribution in [0.1, 0.15) is 6.92 Å². The zero-order valence-electron chi connectivity index (χ0n) is 8.46. The Morgan fingerprint density at radius 1 is 1.53 bits per heavy atom. The molecule has 7 nitrogen and oxygen atoms in total. The molecule has 2 heterocycles. The highest BCUT2D eigenvalue weighted by atomic mass is 35.7. The van der Waals surface area contributed by atoms with Crippen molar-refractivity contribution in [3.63, 3.8) is 0 Å². The lowest BCUT2D eigenvalue weighted by Crippen LogP contribution is -2.04. The molecule has 0 N–H and O–H groups in total. The maximum Gasteiger partial charge on any atom is 0.322 e. The van der Waals surface area contributed by atoms with E-state index in [1.54, 1.807) is 6.92 Å². The Labute approximate surface area is 99.6 Å². The lowest BCUT2D eigenvalue weighted by molar-refractivity contribution is 0.296. The summed E-state index contributed by atoms with van der Waals surface area (Å²) < 4.78 is 41.1. The van der Waals surface area contributed by atoms with Crippen LogP contribution in [-0.4, -0.2) is 34.6 Å². The monoisotopic (exact) mass is 280 g/mol. The normalized spacial score (nSPS) is 11.9. The van der Waals surface area contributed by atoms with Gasteiger partial charge in [0.15, 0.2) is 5.65 Å². The average molecular weight is 281 g/mol. The van der Waals surface area contributed by atoms with Crippen molar-refractivity contribution in [2.45, 2.75) is 12.1 Å². The zero-order valence-corrected chi connectivity index (χ0v) is 10.0. The molecule has 92 valence electrons. The molecule has 0 spiro atoms. The van der Waals surface area contributed by atoms with Gasteiger partial charge in [0.1, 0.15) is 0 Å². The van der Waals surface area contributed by atoms with Crippen molar-refractivity contribution >= 4 is 25.4 Å². The predicted molar refractivity (Wildman–Crippen MR) is 54.9 cm³/mol. The highest BCUT2D eigenvalue weighted by Crippen LogP contribution is 2.16. The van der Waals surface area contributed by atoms with Gasteiger partial charge in [-0.1, -0.05) is 0 Å². The first kappa shape index (κ1) is 12.0. The van der Waals surface area contributed by atoms with E-state index in [2.05, 4.69) is 15.1 Å². The van der Waals surface area contributed by atoms with Gasteiger partial charge in [0.25, 0.3) is 14.2 Å². The Kier molecular flexibility index (Phi) is 2.87. The quantitative estimate of drug-likeness (QED) is 0.604. The molecule has 0 atom stereocenters. The molecule has 2 aromatic rings. The van der Waals surface area contributed by atoms with Gasteiger partial charge in [0.2, 0.25) is 5.95 Å². The third kappa shape index (κ3) is 2.29. The fraction of sp³-hybridized carbons (Fsp3) is 0.286. The third-order valence-electron chi connectivity index (χ3n) is 1.74. The smallest absolute Gasteiger partial charge is 0.322 e. The molecule has 2 aromatic heterocycles. The standard InChI is InChI=1S/C7H6ClFN4O3S/c1-2-16-7-10-4(9)3-5-11-6(12-13(5)7)17(8,14)15/h3H,2H2,1H3. The van der Waals surface area contributed by atoms with Crippen LogP contribution in [0.2, 0.25) is 0 Å². The van der Waals surface area contributed by atoms with Crippen molar-refractivity contribution in [3.05, 3.63) is 12.0 Å². The fourth-order valence-electron chi connectivity index (χ4n) is 1.14. The van der Waals surface area contributed by atoms with Gasteiger partial charge in [-0.25, -0.2) is 8.42 Å². The summed E-state index contributed by atoms with van der Waals surface area (Å²) in [6.07, 6.45) is 0. The summed E-state index contributed by atoms with van der Waals surface area (Å²) in [5.74, 6) is -0.855. The molecule has 0 fully saturated rings. The summed E-state index contributed by atoms with van der Waals surface area (Å²) in [4.78, 5) is 6.98. The lowest BCUT2D eigenvalue weighted by Gasteiger charge is -2.02. The number of fused-ring (bicyclic) bond motifs is 1. The van der Waals surface area contributed by atoms with Gasteiger partial charge >= 0.3 is 6.01 Å². The van der Waals surface area contributed by atoms with E-state index in [0.717, 1.165) is 10.6 Å². The Hall–Kier alpha value is -1.48. The molecule has 17 heavy (non-hydrogen) atoms. The molecule has 2 rings (SSSR count). The van der Waals surface area contributed by atoms with Crippen LogP contribution in [0.3, 0.4) is 0 Å². The summed E-state index contributed by atoms with van der Waals surface area (Å²) in [5.41, 5.74) is -0.0554. The molecule has 0 aliphatic carbocycles. The number of aromatic nitrogens is 4. The summed E-state index contributed by atoms with van der Waals surface area (Å²) in [5, 5.41) is 2.94. The van der Waals surface area contributed by atoms with Gasteiger partial charge in [-0.3, -0.25) is 0 Å². The minimum Gasteiger partial charge on any atom is -0.464 e.